The fourth-order valence-corrected chi connectivity index (χ4v) is 1.51. The molecule has 0 amide bonds. The first-order chi connectivity index (χ1) is 9.87. The van der Waals surface area contributed by atoms with Gasteiger partial charge in [-0.05, 0) is 26.8 Å². The second kappa shape index (κ2) is 8.81. The summed E-state index contributed by atoms with van der Waals surface area (Å²) in [5.41, 5.74) is -0.518. The van der Waals surface area contributed by atoms with Gasteiger partial charge in [0.15, 0.2) is 0 Å². The van der Waals surface area contributed by atoms with E-state index in [9.17, 15) is 4.79 Å². The normalized spacial score (nSPS) is 24.8. The molecule has 0 radical (unpaired) electrons. The molecule has 1 N–H and O–H groups in total. The zero-order valence-electron chi connectivity index (χ0n) is 12.8. The van der Waals surface area contributed by atoms with Crippen LogP contribution in [0.15, 0.2) is 24.3 Å². The van der Waals surface area contributed by atoms with E-state index in [0.717, 1.165) is 0 Å². The summed E-state index contributed by atoms with van der Waals surface area (Å²) in [6.07, 6.45) is 5.83. The molecule has 0 spiro atoms. The Kier molecular flexibility index (Phi) is 7.42. The molecule has 0 aromatic carbocycles. The molecule has 120 valence electrons. The van der Waals surface area contributed by atoms with E-state index in [0.29, 0.717) is 26.4 Å². The lowest BCUT2D eigenvalue weighted by Gasteiger charge is -2.22. The lowest BCUT2D eigenvalue weighted by molar-refractivity contribution is -0.0365. The van der Waals surface area contributed by atoms with Crippen molar-refractivity contribution in [2.45, 2.75) is 38.6 Å². The number of carbonyl (C=O) groups is 1. The summed E-state index contributed by atoms with van der Waals surface area (Å²) in [4.78, 5) is 11.2. The average molecular weight is 300 g/mol. The summed E-state index contributed by atoms with van der Waals surface area (Å²) < 4.78 is 19.9. The number of carbonyl (C=O) groups excluding carboxylic acids is 1. The standard InChI is InChI=1S/C10H16O4.C5H8O2/c1-10(2,3)14-9(11)13-8-5-4-6-12-7-8;6-5-2-1-3-7-4-5/h4-5,8H,6-7H2,1-3H3;1-2,5-6H,3-4H2. The number of ether oxygens (including phenoxy) is 4. The predicted octanol–water partition coefficient (Wildman–Crippen LogP) is 1.83. The smallest absolute Gasteiger partial charge is 0.429 e. The highest BCUT2D eigenvalue weighted by Crippen LogP contribution is 2.10. The van der Waals surface area contributed by atoms with E-state index in [2.05, 4.69) is 0 Å². The van der Waals surface area contributed by atoms with E-state index >= 15 is 0 Å². The minimum atomic E-state index is -0.655. The number of rotatable bonds is 1. The largest absolute Gasteiger partial charge is 0.509 e. The van der Waals surface area contributed by atoms with Crippen LogP contribution in [0.2, 0.25) is 0 Å². The van der Waals surface area contributed by atoms with E-state index in [1.807, 2.05) is 12.2 Å². The van der Waals surface area contributed by atoms with Crippen molar-refractivity contribution in [2.24, 2.45) is 0 Å². The van der Waals surface area contributed by atoms with Crippen molar-refractivity contribution in [2.75, 3.05) is 26.4 Å². The molecule has 0 fully saturated rings. The first kappa shape index (κ1) is 17.7. The van der Waals surface area contributed by atoms with Crippen LogP contribution in [0.3, 0.4) is 0 Å². The molecule has 2 heterocycles. The van der Waals surface area contributed by atoms with Gasteiger partial charge in [-0.2, -0.15) is 0 Å². The Balaban J connectivity index is 0.000000262. The highest BCUT2D eigenvalue weighted by molar-refractivity contribution is 5.61. The first-order valence-corrected chi connectivity index (χ1v) is 6.93. The van der Waals surface area contributed by atoms with Gasteiger partial charge in [0.1, 0.15) is 11.7 Å². The van der Waals surface area contributed by atoms with E-state index in [4.69, 9.17) is 24.1 Å². The highest BCUT2D eigenvalue weighted by atomic mass is 16.7. The van der Waals surface area contributed by atoms with E-state index in [-0.39, 0.29) is 12.2 Å². The maximum Gasteiger partial charge on any atom is 0.509 e. The van der Waals surface area contributed by atoms with E-state index < -0.39 is 11.8 Å². The average Bonchev–Trinajstić information content (AvgIpc) is 2.39. The molecular formula is C15H24O6. The van der Waals surface area contributed by atoms with Crippen molar-refractivity contribution in [1.29, 1.82) is 0 Å². The summed E-state index contributed by atoms with van der Waals surface area (Å²) in [6, 6.07) is 0. The molecule has 0 aromatic heterocycles. The van der Waals surface area contributed by atoms with Crippen molar-refractivity contribution in [3.05, 3.63) is 24.3 Å². The molecule has 0 saturated carbocycles. The molecule has 0 aromatic rings. The van der Waals surface area contributed by atoms with Crippen LogP contribution in [-0.4, -0.2) is 55.5 Å². The van der Waals surface area contributed by atoms with Crippen LogP contribution >= 0.6 is 0 Å². The van der Waals surface area contributed by atoms with Gasteiger partial charge in [-0.3, -0.25) is 0 Å². The van der Waals surface area contributed by atoms with Gasteiger partial charge in [0.2, 0.25) is 0 Å². The maximum absolute atomic E-state index is 11.2. The molecule has 21 heavy (non-hydrogen) atoms. The zero-order valence-corrected chi connectivity index (χ0v) is 12.8. The Morgan fingerprint density at radius 3 is 2.14 bits per heavy atom. The number of aliphatic hydroxyl groups is 1. The molecule has 2 rings (SSSR count). The van der Waals surface area contributed by atoms with Crippen molar-refractivity contribution in [1.82, 2.24) is 0 Å². The second-order valence-corrected chi connectivity index (χ2v) is 5.62. The zero-order chi connectivity index (χ0) is 15.7. The van der Waals surface area contributed by atoms with Crippen LogP contribution in [0.1, 0.15) is 20.8 Å². The van der Waals surface area contributed by atoms with Gasteiger partial charge in [-0.1, -0.05) is 18.2 Å². The molecule has 0 saturated heterocycles. The molecule has 6 heteroatoms. The number of aliphatic hydroxyl groups excluding tert-OH is 1. The van der Waals surface area contributed by atoms with Crippen LogP contribution < -0.4 is 0 Å². The third kappa shape index (κ3) is 9.23. The van der Waals surface area contributed by atoms with E-state index in [1.54, 1.807) is 32.9 Å². The van der Waals surface area contributed by atoms with Gasteiger partial charge in [0.05, 0.1) is 32.5 Å². The molecule has 2 aliphatic heterocycles. The fraction of sp³-hybridized carbons (Fsp3) is 0.667. The number of hydrogen-bond donors (Lipinski definition) is 1. The summed E-state index contributed by atoms with van der Waals surface area (Å²) in [6.45, 7) is 7.46. The van der Waals surface area contributed by atoms with Gasteiger partial charge in [-0.15, -0.1) is 0 Å². The van der Waals surface area contributed by atoms with E-state index in [1.165, 1.54) is 0 Å². The van der Waals surface area contributed by atoms with Crippen LogP contribution in [-0.2, 0) is 18.9 Å². The quantitative estimate of drug-likeness (QED) is 0.588. The Morgan fingerprint density at radius 1 is 1.14 bits per heavy atom. The van der Waals surface area contributed by atoms with Gasteiger partial charge in [0, 0.05) is 0 Å². The molecule has 0 aliphatic carbocycles. The monoisotopic (exact) mass is 300 g/mol. The predicted molar refractivity (Wildman–Crippen MR) is 77.0 cm³/mol. The van der Waals surface area contributed by atoms with Gasteiger partial charge in [-0.25, -0.2) is 4.79 Å². The van der Waals surface area contributed by atoms with Gasteiger partial charge < -0.3 is 24.1 Å². The SMILES string of the molecule is CC(C)(C)OC(=O)OC1C=CCOC1.OC1C=CCOC1. The minimum Gasteiger partial charge on any atom is -0.429 e. The van der Waals surface area contributed by atoms with Gasteiger partial charge >= 0.3 is 6.16 Å². The lowest BCUT2D eigenvalue weighted by Crippen LogP contribution is -2.30. The Hall–Kier alpha value is -1.37. The van der Waals surface area contributed by atoms with Crippen molar-refractivity contribution in [3.63, 3.8) is 0 Å². The molecule has 2 atom stereocenters. The molecule has 2 unspecified atom stereocenters. The minimum absolute atomic E-state index is 0.321. The van der Waals surface area contributed by atoms with Crippen LogP contribution in [0.25, 0.3) is 0 Å². The number of hydrogen-bond acceptors (Lipinski definition) is 6. The van der Waals surface area contributed by atoms with Crippen molar-refractivity contribution in [3.8, 4) is 0 Å². The third-order valence-electron chi connectivity index (χ3n) is 2.34. The van der Waals surface area contributed by atoms with Crippen molar-refractivity contribution >= 4 is 6.16 Å². The topological polar surface area (TPSA) is 74.2 Å². The summed E-state index contributed by atoms with van der Waals surface area (Å²) in [5, 5.41) is 8.70. The summed E-state index contributed by atoms with van der Waals surface area (Å²) >= 11 is 0. The van der Waals surface area contributed by atoms with Crippen LogP contribution in [0, 0.1) is 0 Å². The molecule has 6 nitrogen and oxygen atoms in total. The van der Waals surface area contributed by atoms with Crippen molar-refractivity contribution < 1.29 is 28.8 Å². The molecular weight excluding hydrogens is 276 g/mol. The van der Waals surface area contributed by atoms with Gasteiger partial charge in [0.25, 0.3) is 0 Å². The van der Waals surface area contributed by atoms with Crippen LogP contribution in [0.5, 0.6) is 0 Å². The summed E-state index contributed by atoms with van der Waals surface area (Å²) in [7, 11) is 0. The Bertz CT molecular complexity index is 369. The lowest BCUT2D eigenvalue weighted by atomic mass is 10.2. The first-order valence-electron chi connectivity index (χ1n) is 6.93. The fourth-order valence-electron chi connectivity index (χ4n) is 1.51. The molecule has 2 aliphatic rings. The second-order valence-electron chi connectivity index (χ2n) is 5.62. The third-order valence-corrected chi connectivity index (χ3v) is 2.34. The van der Waals surface area contributed by atoms with Crippen LogP contribution in [0.4, 0.5) is 4.79 Å². The Morgan fingerprint density at radius 2 is 1.76 bits per heavy atom. The summed E-state index contributed by atoms with van der Waals surface area (Å²) in [5.74, 6) is 0. The highest BCUT2D eigenvalue weighted by Gasteiger charge is 2.21. The Labute approximate surface area is 125 Å². The molecule has 0 bridgehead atoms. The maximum atomic E-state index is 11.2.